The summed E-state index contributed by atoms with van der Waals surface area (Å²) in [5.41, 5.74) is 1.15. The third-order valence-corrected chi connectivity index (χ3v) is 2.67. The highest BCUT2D eigenvalue weighted by Gasteiger charge is 2.00. The van der Waals surface area contributed by atoms with Crippen molar-refractivity contribution in [3.05, 3.63) is 29.8 Å². The molecule has 0 radical (unpaired) electrons. The molecule has 1 rings (SSSR count). The maximum atomic E-state index is 5.53. The molecule has 0 aliphatic carbocycles. The Hall–Kier alpha value is -1.02. The number of hydrogen-bond donors (Lipinski definition) is 2. The van der Waals surface area contributed by atoms with E-state index in [1.54, 1.807) is 7.11 Å². The van der Waals surface area contributed by atoms with E-state index in [0.29, 0.717) is 25.8 Å². The van der Waals surface area contributed by atoms with Crippen LogP contribution in [0, 0.1) is 0 Å². The molecule has 0 spiro atoms. The van der Waals surface area contributed by atoms with Crippen molar-refractivity contribution in [3.63, 3.8) is 0 Å². The minimum Gasteiger partial charge on any atom is -0.491 e. The SMILES string of the molecule is CCNC(=NCc1ccc(OCCOC)cc1)NC(C)C.I. The predicted octanol–water partition coefficient (Wildman–Crippen LogP) is 2.79. The van der Waals surface area contributed by atoms with Gasteiger partial charge in [0.25, 0.3) is 0 Å². The number of benzene rings is 1. The minimum absolute atomic E-state index is 0. The van der Waals surface area contributed by atoms with Crippen LogP contribution in [0.3, 0.4) is 0 Å². The Balaban J connectivity index is 0.00000441. The second-order valence-corrected chi connectivity index (χ2v) is 4.98. The second-order valence-electron chi connectivity index (χ2n) is 4.98. The molecule has 22 heavy (non-hydrogen) atoms. The molecule has 0 aromatic heterocycles. The lowest BCUT2D eigenvalue weighted by Gasteiger charge is -2.14. The first kappa shape index (κ1) is 21.0. The molecular formula is C16H28IN3O2. The van der Waals surface area contributed by atoms with E-state index in [1.807, 2.05) is 24.3 Å². The van der Waals surface area contributed by atoms with Gasteiger partial charge in [-0.15, -0.1) is 24.0 Å². The van der Waals surface area contributed by atoms with Crippen LogP contribution in [-0.2, 0) is 11.3 Å². The van der Waals surface area contributed by atoms with Crippen LogP contribution in [0.25, 0.3) is 0 Å². The maximum Gasteiger partial charge on any atom is 0.191 e. The van der Waals surface area contributed by atoms with E-state index in [-0.39, 0.29) is 24.0 Å². The van der Waals surface area contributed by atoms with Crippen LogP contribution in [-0.4, -0.2) is 38.9 Å². The molecular weight excluding hydrogens is 393 g/mol. The molecule has 5 nitrogen and oxygen atoms in total. The predicted molar refractivity (Wildman–Crippen MR) is 102 cm³/mol. The van der Waals surface area contributed by atoms with Crippen molar-refractivity contribution >= 4 is 29.9 Å². The minimum atomic E-state index is 0. The van der Waals surface area contributed by atoms with Gasteiger partial charge in [0.2, 0.25) is 0 Å². The Kier molecular flexibility index (Phi) is 11.9. The fourth-order valence-electron chi connectivity index (χ4n) is 1.70. The number of halogens is 1. The number of aliphatic imine (C=N–C) groups is 1. The number of ether oxygens (including phenoxy) is 2. The lowest BCUT2D eigenvalue weighted by Crippen LogP contribution is -2.40. The normalized spacial score (nSPS) is 11.0. The van der Waals surface area contributed by atoms with Gasteiger partial charge >= 0.3 is 0 Å². The zero-order valence-corrected chi connectivity index (χ0v) is 16.2. The van der Waals surface area contributed by atoms with E-state index in [2.05, 4.69) is 36.4 Å². The summed E-state index contributed by atoms with van der Waals surface area (Å²) in [5, 5.41) is 6.53. The molecule has 1 aromatic rings. The Morgan fingerprint density at radius 2 is 1.86 bits per heavy atom. The van der Waals surface area contributed by atoms with Crippen molar-refractivity contribution in [2.24, 2.45) is 4.99 Å². The summed E-state index contributed by atoms with van der Waals surface area (Å²) in [5.74, 6) is 1.69. The van der Waals surface area contributed by atoms with E-state index >= 15 is 0 Å². The highest BCUT2D eigenvalue weighted by molar-refractivity contribution is 14.0. The van der Waals surface area contributed by atoms with Crippen molar-refractivity contribution in [1.82, 2.24) is 10.6 Å². The smallest absolute Gasteiger partial charge is 0.191 e. The zero-order valence-electron chi connectivity index (χ0n) is 13.9. The van der Waals surface area contributed by atoms with Crippen LogP contribution in [0.15, 0.2) is 29.3 Å². The average molecular weight is 421 g/mol. The van der Waals surface area contributed by atoms with Crippen molar-refractivity contribution in [2.45, 2.75) is 33.4 Å². The Morgan fingerprint density at radius 3 is 2.41 bits per heavy atom. The summed E-state index contributed by atoms with van der Waals surface area (Å²) >= 11 is 0. The number of hydrogen-bond acceptors (Lipinski definition) is 3. The number of rotatable bonds is 8. The Labute approximate surface area is 150 Å². The Morgan fingerprint density at radius 1 is 1.18 bits per heavy atom. The summed E-state index contributed by atoms with van der Waals surface area (Å²) in [4.78, 5) is 4.56. The lowest BCUT2D eigenvalue weighted by molar-refractivity contribution is 0.146. The molecule has 6 heteroatoms. The van der Waals surface area contributed by atoms with Gasteiger partial charge in [-0.1, -0.05) is 12.1 Å². The van der Waals surface area contributed by atoms with Gasteiger partial charge in [-0.05, 0) is 38.5 Å². The quantitative estimate of drug-likeness (QED) is 0.294. The maximum absolute atomic E-state index is 5.53. The molecule has 0 atom stereocenters. The molecule has 0 saturated heterocycles. The molecule has 0 aliphatic heterocycles. The summed E-state index contributed by atoms with van der Waals surface area (Å²) in [6, 6.07) is 8.35. The standard InChI is InChI=1S/C16H27N3O2.HI/c1-5-17-16(19-13(2)3)18-12-14-6-8-15(9-7-14)21-11-10-20-4;/h6-9,13H,5,10-12H2,1-4H3,(H2,17,18,19);1H. The van der Waals surface area contributed by atoms with Gasteiger partial charge in [0.1, 0.15) is 12.4 Å². The molecule has 0 fully saturated rings. The number of nitrogens with one attached hydrogen (secondary N) is 2. The van der Waals surface area contributed by atoms with Crippen LogP contribution in [0.1, 0.15) is 26.3 Å². The lowest BCUT2D eigenvalue weighted by atomic mass is 10.2. The number of nitrogens with zero attached hydrogens (tertiary/aromatic N) is 1. The van der Waals surface area contributed by atoms with Crippen LogP contribution in [0.4, 0.5) is 0 Å². The Bertz CT molecular complexity index is 422. The molecule has 0 aliphatic rings. The molecule has 2 N–H and O–H groups in total. The topological polar surface area (TPSA) is 54.9 Å². The summed E-state index contributed by atoms with van der Waals surface area (Å²) < 4.78 is 10.5. The summed E-state index contributed by atoms with van der Waals surface area (Å²) in [7, 11) is 1.66. The van der Waals surface area contributed by atoms with Crippen molar-refractivity contribution in [2.75, 3.05) is 26.9 Å². The van der Waals surface area contributed by atoms with Crippen molar-refractivity contribution in [3.8, 4) is 5.75 Å². The van der Waals surface area contributed by atoms with Gasteiger partial charge in [-0.25, -0.2) is 4.99 Å². The molecule has 1 aromatic carbocycles. The monoisotopic (exact) mass is 421 g/mol. The molecule has 0 saturated carbocycles. The first-order valence-corrected chi connectivity index (χ1v) is 7.41. The summed E-state index contributed by atoms with van der Waals surface area (Å²) in [6.07, 6.45) is 0. The summed E-state index contributed by atoms with van der Waals surface area (Å²) in [6.45, 7) is 8.91. The van der Waals surface area contributed by atoms with Crippen LogP contribution in [0.5, 0.6) is 5.75 Å². The molecule has 0 bridgehead atoms. The van der Waals surface area contributed by atoms with E-state index < -0.39 is 0 Å². The second kappa shape index (κ2) is 12.5. The average Bonchev–Trinajstić information content (AvgIpc) is 2.46. The number of guanidine groups is 1. The molecule has 126 valence electrons. The zero-order chi connectivity index (χ0) is 15.5. The van der Waals surface area contributed by atoms with E-state index in [0.717, 1.165) is 23.8 Å². The van der Waals surface area contributed by atoms with E-state index in [4.69, 9.17) is 9.47 Å². The third-order valence-electron chi connectivity index (χ3n) is 2.67. The van der Waals surface area contributed by atoms with Gasteiger partial charge in [-0.3, -0.25) is 0 Å². The van der Waals surface area contributed by atoms with Gasteiger partial charge in [-0.2, -0.15) is 0 Å². The van der Waals surface area contributed by atoms with Gasteiger partial charge in [0, 0.05) is 19.7 Å². The highest BCUT2D eigenvalue weighted by atomic mass is 127. The third kappa shape index (κ3) is 9.09. The van der Waals surface area contributed by atoms with Gasteiger partial charge in [0.05, 0.1) is 13.2 Å². The van der Waals surface area contributed by atoms with Crippen LogP contribution < -0.4 is 15.4 Å². The first-order chi connectivity index (χ1) is 10.2. The fraction of sp³-hybridized carbons (Fsp3) is 0.562. The highest BCUT2D eigenvalue weighted by Crippen LogP contribution is 2.12. The first-order valence-electron chi connectivity index (χ1n) is 7.41. The van der Waals surface area contributed by atoms with Crippen molar-refractivity contribution in [1.29, 1.82) is 0 Å². The molecule has 0 amide bonds. The fourth-order valence-corrected chi connectivity index (χ4v) is 1.70. The molecule has 0 unspecified atom stereocenters. The molecule has 0 heterocycles. The van der Waals surface area contributed by atoms with E-state index in [9.17, 15) is 0 Å². The van der Waals surface area contributed by atoms with E-state index in [1.165, 1.54) is 0 Å². The van der Waals surface area contributed by atoms with Gasteiger partial charge < -0.3 is 20.1 Å². The van der Waals surface area contributed by atoms with Crippen molar-refractivity contribution < 1.29 is 9.47 Å². The largest absolute Gasteiger partial charge is 0.491 e. The van der Waals surface area contributed by atoms with Crippen LogP contribution in [0.2, 0.25) is 0 Å². The van der Waals surface area contributed by atoms with Gasteiger partial charge in [0.15, 0.2) is 5.96 Å². The number of methoxy groups -OCH3 is 1. The van der Waals surface area contributed by atoms with Crippen LogP contribution >= 0.6 is 24.0 Å².